The molecule has 2 heterocycles. The number of para-hydroxylation sites is 2. The zero-order valence-corrected chi connectivity index (χ0v) is 20.2. The van der Waals surface area contributed by atoms with E-state index in [4.69, 9.17) is 9.47 Å². The predicted molar refractivity (Wildman–Crippen MR) is 138 cm³/mol. The van der Waals surface area contributed by atoms with Crippen molar-refractivity contribution < 1.29 is 14.3 Å². The Balaban J connectivity index is 1.04. The van der Waals surface area contributed by atoms with E-state index >= 15 is 0 Å². The molecule has 0 unspecified atom stereocenters. The van der Waals surface area contributed by atoms with Crippen LogP contribution in [0.3, 0.4) is 0 Å². The summed E-state index contributed by atoms with van der Waals surface area (Å²) in [5.74, 6) is 2.35. The predicted octanol–water partition coefficient (Wildman–Crippen LogP) is 6.14. The number of likely N-dealkylation sites (tertiary alicyclic amines) is 1. The largest absolute Gasteiger partial charge is 0.487 e. The molecule has 0 aliphatic carbocycles. The number of anilines is 1. The minimum Gasteiger partial charge on any atom is -0.487 e. The van der Waals surface area contributed by atoms with Gasteiger partial charge in [-0.25, -0.2) is 4.79 Å². The van der Waals surface area contributed by atoms with Crippen molar-refractivity contribution in [1.82, 2.24) is 4.90 Å². The highest BCUT2D eigenvalue weighted by atomic mass is 16.6. The number of hydrogen-bond donors (Lipinski definition) is 0. The number of benzene rings is 3. The summed E-state index contributed by atoms with van der Waals surface area (Å²) in [4.78, 5) is 16.7. The number of amides is 1. The molecule has 2 aliphatic rings. The average Bonchev–Trinajstić information content (AvgIpc) is 2.90. The summed E-state index contributed by atoms with van der Waals surface area (Å²) in [6.45, 7) is 4.67. The Hall–Kier alpha value is -3.47. The van der Waals surface area contributed by atoms with Gasteiger partial charge in [0, 0.05) is 26.2 Å². The first-order valence-corrected chi connectivity index (χ1v) is 12.7. The van der Waals surface area contributed by atoms with E-state index in [1.54, 1.807) is 0 Å². The Morgan fingerprint density at radius 1 is 0.743 bits per heavy atom. The van der Waals surface area contributed by atoms with Gasteiger partial charge in [0.05, 0.1) is 5.69 Å². The second-order valence-corrected chi connectivity index (χ2v) is 9.72. The lowest BCUT2D eigenvalue weighted by atomic mass is 9.83. The first-order valence-electron chi connectivity index (χ1n) is 12.7. The van der Waals surface area contributed by atoms with Gasteiger partial charge in [-0.1, -0.05) is 72.8 Å². The molecule has 0 saturated carbocycles. The summed E-state index contributed by atoms with van der Waals surface area (Å²) in [5.41, 5.74) is 3.40. The number of carbonyl (C=O) groups excluding carboxylic acids is 1. The van der Waals surface area contributed by atoms with Crippen LogP contribution in [0.25, 0.3) is 0 Å². The lowest BCUT2D eigenvalue weighted by Gasteiger charge is -2.44. The van der Waals surface area contributed by atoms with Gasteiger partial charge in [-0.3, -0.25) is 0 Å². The standard InChI is InChI=1S/C30H34N2O3/c33-30(35-23-26-11-5-2-6-12-26)31-17-15-24(16-18-31)19-27-20-32(21-27)28-13-7-8-14-29(28)34-22-25-9-3-1-4-10-25/h1-14,24,27H,15-23H2. The summed E-state index contributed by atoms with van der Waals surface area (Å²) >= 11 is 0. The molecule has 0 spiro atoms. The second kappa shape index (κ2) is 11.3. The fourth-order valence-corrected chi connectivity index (χ4v) is 5.12. The van der Waals surface area contributed by atoms with Crippen LogP contribution in [0.2, 0.25) is 0 Å². The quantitative estimate of drug-likeness (QED) is 0.397. The molecule has 2 saturated heterocycles. The van der Waals surface area contributed by atoms with E-state index in [1.807, 2.05) is 59.5 Å². The van der Waals surface area contributed by atoms with Crippen molar-refractivity contribution in [2.24, 2.45) is 11.8 Å². The average molecular weight is 471 g/mol. The van der Waals surface area contributed by atoms with Gasteiger partial charge in [0.15, 0.2) is 0 Å². The van der Waals surface area contributed by atoms with Gasteiger partial charge in [0.1, 0.15) is 19.0 Å². The summed E-state index contributed by atoms with van der Waals surface area (Å²) < 4.78 is 11.7. The van der Waals surface area contributed by atoms with E-state index in [1.165, 1.54) is 17.7 Å². The van der Waals surface area contributed by atoms with Crippen LogP contribution in [0, 0.1) is 11.8 Å². The van der Waals surface area contributed by atoms with Crippen molar-refractivity contribution in [1.29, 1.82) is 0 Å². The molecular formula is C30H34N2O3. The van der Waals surface area contributed by atoms with Crippen molar-refractivity contribution in [3.8, 4) is 5.75 Å². The minimum atomic E-state index is -0.186. The van der Waals surface area contributed by atoms with Crippen molar-refractivity contribution in [2.45, 2.75) is 32.5 Å². The van der Waals surface area contributed by atoms with Gasteiger partial charge in [0.2, 0.25) is 0 Å². The SMILES string of the molecule is O=C(OCc1ccccc1)N1CCC(CC2CN(c3ccccc3OCc3ccccc3)C2)CC1. The molecule has 5 heteroatoms. The molecule has 3 aromatic rings. The molecule has 3 aromatic carbocycles. The normalized spacial score (nSPS) is 16.6. The maximum Gasteiger partial charge on any atom is 0.410 e. The first-order chi connectivity index (χ1) is 17.2. The van der Waals surface area contributed by atoms with Crippen molar-refractivity contribution >= 4 is 11.8 Å². The van der Waals surface area contributed by atoms with Gasteiger partial charge in [-0.2, -0.15) is 0 Å². The lowest BCUT2D eigenvalue weighted by Crippen LogP contribution is -2.48. The van der Waals surface area contributed by atoms with E-state index < -0.39 is 0 Å². The van der Waals surface area contributed by atoms with Crippen LogP contribution in [0.1, 0.15) is 30.4 Å². The van der Waals surface area contributed by atoms with Gasteiger partial charge < -0.3 is 19.3 Å². The molecular weight excluding hydrogens is 436 g/mol. The number of rotatable bonds is 8. The molecule has 0 bridgehead atoms. The van der Waals surface area contributed by atoms with Gasteiger partial charge in [-0.15, -0.1) is 0 Å². The monoisotopic (exact) mass is 470 g/mol. The molecule has 0 radical (unpaired) electrons. The molecule has 0 N–H and O–H groups in total. The molecule has 1 amide bonds. The fourth-order valence-electron chi connectivity index (χ4n) is 5.12. The number of hydrogen-bond acceptors (Lipinski definition) is 4. The highest BCUT2D eigenvalue weighted by Gasteiger charge is 2.32. The Kier molecular flexibility index (Phi) is 7.52. The van der Waals surface area contributed by atoms with Crippen LogP contribution in [0.15, 0.2) is 84.9 Å². The van der Waals surface area contributed by atoms with Gasteiger partial charge in [-0.05, 0) is 54.4 Å². The van der Waals surface area contributed by atoms with Crippen LogP contribution in [0.4, 0.5) is 10.5 Å². The number of piperidine rings is 1. The molecule has 35 heavy (non-hydrogen) atoms. The maximum absolute atomic E-state index is 12.4. The molecule has 5 rings (SSSR count). The smallest absolute Gasteiger partial charge is 0.410 e. The molecule has 0 aromatic heterocycles. The summed E-state index contributed by atoms with van der Waals surface area (Å²) in [6.07, 6.45) is 3.17. The molecule has 5 nitrogen and oxygen atoms in total. The van der Waals surface area contributed by atoms with Crippen LogP contribution in [0.5, 0.6) is 5.75 Å². The van der Waals surface area contributed by atoms with Crippen LogP contribution in [-0.4, -0.2) is 37.2 Å². The fraction of sp³-hybridized carbons (Fsp3) is 0.367. The number of nitrogens with zero attached hydrogens (tertiary/aromatic N) is 2. The van der Waals surface area contributed by atoms with Crippen molar-refractivity contribution in [3.63, 3.8) is 0 Å². The Morgan fingerprint density at radius 2 is 1.34 bits per heavy atom. The third-order valence-electron chi connectivity index (χ3n) is 7.14. The number of carbonyl (C=O) groups is 1. The third kappa shape index (κ3) is 6.16. The van der Waals surface area contributed by atoms with E-state index in [2.05, 4.69) is 35.2 Å². The summed E-state index contributed by atoms with van der Waals surface area (Å²) in [7, 11) is 0. The van der Waals surface area contributed by atoms with E-state index in [-0.39, 0.29) is 6.09 Å². The summed E-state index contributed by atoms with van der Waals surface area (Å²) in [6, 6.07) is 28.5. The van der Waals surface area contributed by atoms with Crippen LogP contribution < -0.4 is 9.64 Å². The molecule has 182 valence electrons. The van der Waals surface area contributed by atoms with E-state index in [0.29, 0.717) is 25.0 Å². The Bertz CT molecular complexity index is 1080. The zero-order chi connectivity index (χ0) is 23.9. The maximum atomic E-state index is 12.4. The van der Waals surface area contributed by atoms with Crippen molar-refractivity contribution in [3.05, 3.63) is 96.1 Å². The Labute approximate surface area is 208 Å². The van der Waals surface area contributed by atoms with Crippen molar-refractivity contribution in [2.75, 3.05) is 31.1 Å². The van der Waals surface area contributed by atoms with Crippen LogP contribution in [-0.2, 0) is 18.0 Å². The second-order valence-electron chi connectivity index (χ2n) is 9.72. The summed E-state index contributed by atoms with van der Waals surface area (Å²) in [5, 5.41) is 0. The topological polar surface area (TPSA) is 42.0 Å². The third-order valence-corrected chi connectivity index (χ3v) is 7.14. The van der Waals surface area contributed by atoms with Gasteiger partial charge >= 0.3 is 6.09 Å². The minimum absolute atomic E-state index is 0.186. The lowest BCUT2D eigenvalue weighted by molar-refractivity contribution is 0.0791. The molecule has 0 atom stereocenters. The molecule has 2 aliphatic heterocycles. The highest BCUT2D eigenvalue weighted by Crippen LogP contribution is 2.37. The molecule has 2 fully saturated rings. The van der Waals surface area contributed by atoms with E-state index in [0.717, 1.165) is 50.3 Å². The van der Waals surface area contributed by atoms with E-state index in [9.17, 15) is 4.79 Å². The highest BCUT2D eigenvalue weighted by molar-refractivity contribution is 5.67. The first kappa shape index (κ1) is 23.3. The number of ether oxygens (including phenoxy) is 2. The van der Waals surface area contributed by atoms with Gasteiger partial charge in [0.25, 0.3) is 0 Å². The Morgan fingerprint density at radius 3 is 2.03 bits per heavy atom. The zero-order valence-electron chi connectivity index (χ0n) is 20.2. The van der Waals surface area contributed by atoms with Crippen LogP contribution >= 0.6 is 0 Å².